The normalized spacial score (nSPS) is 14.9. The summed E-state index contributed by atoms with van der Waals surface area (Å²) in [5, 5.41) is 11.4. The van der Waals surface area contributed by atoms with E-state index in [4.69, 9.17) is 0 Å². The molecule has 1 saturated carbocycles. The van der Waals surface area contributed by atoms with Gasteiger partial charge in [-0.15, -0.1) is 3.89 Å². The molecule has 9 heteroatoms. The van der Waals surface area contributed by atoms with Crippen LogP contribution in [0.2, 0.25) is 0 Å². The number of hydrogen-bond acceptors (Lipinski definition) is 5. The number of rotatable bonds is 5. The first-order chi connectivity index (χ1) is 19.2. The SMILES string of the molecule is CC(C)Cc1cc2c(=O)c3c4ccc(C#N)cc4[nH]c3n(C3CCCCC3)c2cc1-c1cncc(S(=O)(=O)F)c1. The van der Waals surface area contributed by atoms with Gasteiger partial charge in [0.2, 0.25) is 0 Å². The molecule has 1 aliphatic carbocycles. The zero-order chi connectivity index (χ0) is 28.2. The van der Waals surface area contributed by atoms with Crippen molar-refractivity contribution in [2.45, 2.75) is 63.3 Å². The van der Waals surface area contributed by atoms with Gasteiger partial charge in [0.1, 0.15) is 10.5 Å². The fraction of sp³-hybridized carbons (Fsp3) is 0.323. The highest BCUT2D eigenvalue weighted by Crippen LogP contribution is 2.38. The van der Waals surface area contributed by atoms with Crippen LogP contribution in [-0.2, 0) is 16.6 Å². The van der Waals surface area contributed by atoms with Gasteiger partial charge in [0.15, 0.2) is 5.43 Å². The Morgan fingerprint density at radius 1 is 1.10 bits per heavy atom. The van der Waals surface area contributed by atoms with Gasteiger partial charge in [-0.2, -0.15) is 13.7 Å². The lowest BCUT2D eigenvalue weighted by atomic mass is 9.91. The summed E-state index contributed by atoms with van der Waals surface area (Å²) in [6.07, 6.45) is 8.43. The van der Waals surface area contributed by atoms with Gasteiger partial charge in [-0.05, 0) is 66.6 Å². The molecule has 0 unspecified atom stereocenters. The average Bonchev–Trinajstić information content (AvgIpc) is 3.31. The van der Waals surface area contributed by atoms with E-state index in [0.29, 0.717) is 28.3 Å². The Hall–Kier alpha value is -4.03. The van der Waals surface area contributed by atoms with Gasteiger partial charge in [-0.25, -0.2) is 0 Å². The summed E-state index contributed by atoms with van der Waals surface area (Å²) >= 11 is 0. The van der Waals surface area contributed by atoms with Crippen molar-refractivity contribution in [3.63, 3.8) is 0 Å². The molecule has 204 valence electrons. The number of fused-ring (bicyclic) bond motifs is 4. The van der Waals surface area contributed by atoms with Gasteiger partial charge in [0.05, 0.1) is 22.5 Å². The second kappa shape index (κ2) is 9.86. The van der Waals surface area contributed by atoms with Crippen molar-refractivity contribution in [3.05, 3.63) is 70.1 Å². The van der Waals surface area contributed by atoms with Crippen LogP contribution in [0, 0.1) is 17.2 Å². The number of benzene rings is 2. The van der Waals surface area contributed by atoms with E-state index in [-0.39, 0.29) is 17.4 Å². The molecule has 0 aliphatic heterocycles. The molecule has 3 aromatic heterocycles. The molecule has 0 bridgehead atoms. The number of nitriles is 1. The van der Waals surface area contributed by atoms with Gasteiger partial charge in [0.25, 0.3) is 0 Å². The Morgan fingerprint density at radius 2 is 1.88 bits per heavy atom. The van der Waals surface area contributed by atoms with Crippen LogP contribution < -0.4 is 5.43 Å². The van der Waals surface area contributed by atoms with E-state index >= 15 is 0 Å². The molecule has 0 saturated heterocycles. The molecule has 0 spiro atoms. The lowest BCUT2D eigenvalue weighted by molar-refractivity contribution is 0.365. The zero-order valence-electron chi connectivity index (χ0n) is 22.4. The Labute approximate surface area is 231 Å². The predicted octanol–water partition coefficient (Wildman–Crippen LogP) is 6.93. The van der Waals surface area contributed by atoms with Crippen LogP contribution in [0.3, 0.4) is 0 Å². The molecule has 7 nitrogen and oxygen atoms in total. The number of halogens is 1. The van der Waals surface area contributed by atoms with Crippen molar-refractivity contribution in [2.24, 2.45) is 5.92 Å². The Balaban J connectivity index is 1.75. The fourth-order valence-electron chi connectivity index (χ4n) is 6.23. The second-order valence-corrected chi connectivity index (χ2v) is 12.5. The first-order valence-corrected chi connectivity index (χ1v) is 15.0. The second-order valence-electron chi connectivity index (χ2n) is 11.2. The summed E-state index contributed by atoms with van der Waals surface area (Å²) in [6, 6.07) is 12.8. The van der Waals surface area contributed by atoms with Gasteiger partial charge in [-0.1, -0.05) is 39.2 Å². The van der Waals surface area contributed by atoms with Crippen LogP contribution in [0.15, 0.2) is 58.5 Å². The van der Waals surface area contributed by atoms with E-state index in [2.05, 4.69) is 34.5 Å². The molecule has 40 heavy (non-hydrogen) atoms. The van der Waals surface area contributed by atoms with Crippen LogP contribution in [0.25, 0.3) is 44.0 Å². The lowest BCUT2D eigenvalue weighted by Crippen LogP contribution is -2.19. The van der Waals surface area contributed by atoms with Crippen molar-refractivity contribution in [1.29, 1.82) is 5.26 Å². The minimum Gasteiger partial charge on any atom is -0.340 e. The molecular weight excluding hydrogens is 527 g/mol. The molecule has 0 radical (unpaired) electrons. The summed E-state index contributed by atoms with van der Waals surface area (Å²) in [5.41, 5.74) is 4.69. The van der Waals surface area contributed by atoms with Crippen molar-refractivity contribution < 1.29 is 12.3 Å². The van der Waals surface area contributed by atoms with Crippen molar-refractivity contribution >= 4 is 43.1 Å². The van der Waals surface area contributed by atoms with E-state index < -0.39 is 15.1 Å². The highest BCUT2D eigenvalue weighted by molar-refractivity contribution is 7.86. The summed E-state index contributed by atoms with van der Waals surface area (Å²) in [5.74, 6) is 0.249. The Kier molecular flexibility index (Phi) is 6.46. The standard InChI is InChI=1S/C31H29FN4O3S/c1-18(2)10-20-13-26-28(14-25(20)21-12-23(17-34-16-21)40(32,38)39)36(22-6-4-3-5-7-22)31-29(30(26)37)24-9-8-19(15-33)11-27(24)35-31/h8-9,11-14,16-18,22,35H,3-7,10H2,1-2H3. The van der Waals surface area contributed by atoms with E-state index in [1.807, 2.05) is 18.2 Å². The number of nitrogens with one attached hydrogen (secondary N) is 1. The van der Waals surface area contributed by atoms with Crippen LogP contribution in [-0.4, -0.2) is 23.0 Å². The van der Waals surface area contributed by atoms with E-state index in [1.165, 1.54) is 12.3 Å². The maximum atomic E-state index is 14.2. The zero-order valence-corrected chi connectivity index (χ0v) is 23.2. The number of aromatic amines is 1. The van der Waals surface area contributed by atoms with Crippen molar-refractivity contribution in [3.8, 4) is 17.2 Å². The summed E-state index contributed by atoms with van der Waals surface area (Å²) in [6.45, 7) is 4.15. The average molecular weight is 557 g/mol. The van der Waals surface area contributed by atoms with Gasteiger partial charge < -0.3 is 9.55 Å². The van der Waals surface area contributed by atoms with E-state index in [0.717, 1.165) is 71.5 Å². The number of hydrogen-bond donors (Lipinski definition) is 1. The number of H-pyrrole nitrogens is 1. The topological polar surface area (TPSA) is 109 Å². The molecule has 1 aliphatic rings. The monoisotopic (exact) mass is 556 g/mol. The molecular formula is C31H29FN4O3S. The van der Waals surface area contributed by atoms with E-state index in [1.54, 1.807) is 12.1 Å². The van der Waals surface area contributed by atoms with Crippen LogP contribution in [0.4, 0.5) is 3.89 Å². The largest absolute Gasteiger partial charge is 0.340 e. The van der Waals surface area contributed by atoms with Crippen molar-refractivity contribution in [2.75, 3.05) is 0 Å². The molecule has 1 fully saturated rings. The van der Waals surface area contributed by atoms with Gasteiger partial charge in [-0.3, -0.25) is 9.78 Å². The van der Waals surface area contributed by atoms with Crippen molar-refractivity contribution in [1.82, 2.24) is 14.5 Å². The third-order valence-electron chi connectivity index (χ3n) is 7.98. The first kappa shape index (κ1) is 26.2. The molecule has 0 amide bonds. The van der Waals surface area contributed by atoms with Gasteiger partial charge >= 0.3 is 10.2 Å². The number of pyridine rings is 2. The summed E-state index contributed by atoms with van der Waals surface area (Å²) in [7, 11) is -4.94. The van der Waals surface area contributed by atoms with Crippen LogP contribution >= 0.6 is 0 Å². The highest BCUT2D eigenvalue weighted by atomic mass is 32.3. The summed E-state index contributed by atoms with van der Waals surface area (Å²) < 4.78 is 39.6. The number of aromatic nitrogens is 3. The Morgan fingerprint density at radius 3 is 2.58 bits per heavy atom. The minimum atomic E-state index is -4.94. The molecule has 5 aromatic rings. The van der Waals surface area contributed by atoms with Crippen LogP contribution in [0.1, 0.15) is 63.1 Å². The Bertz CT molecular complexity index is 2010. The maximum Gasteiger partial charge on any atom is 0.333 e. The third kappa shape index (κ3) is 4.46. The maximum absolute atomic E-state index is 14.2. The highest BCUT2D eigenvalue weighted by Gasteiger charge is 2.25. The molecule has 3 heterocycles. The predicted molar refractivity (Wildman–Crippen MR) is 154 cm³/mol. The fourth-order valence-corrected chi connectivity index (χ4v) is 6.68. The molecule has 2 aromatic carbocycles. The van der Waals surface area contributed by atoms with E-state index in [9.17, 15) is 22.4 Å². The number of nitrogens with zero attached hydrogens (tertiary/aromatic N) is 3. The first-order valence-electron chi connectivity index (χ1n) is 13.6. The van der Waals surface area contributed by atoms with Gasteiger partial charge in [0, 0.05) is 40.3 Å². The lowest BCUT2D eigenvalue weighted by Gasteiger charge is -2.28. The quantitative estimate of drug-likeness (QED) is 0.236. The minimum absolute atomic E-state index is 0.0946. The molecule has 6 rings (SSSR count). The molecule has 1 N–H and O–H groups in total. The molecule has 0 atom stereocenters. The van der Waals surface area contributed by atoms with Crippen LogP contribution in [0.5, 0.6) is 0 Å². The summed E-state index contributed by atoms with van der Waals surface area (Å²) in [4.78, 5) is 21.2. The smallest absolute Gasteiger partial charge is 0.333 e. The third-order valence-corrected chi connectivity index (χ3v) is 8.76.